The van der Waals surface area contributed by atoms with Crippen molar-refractivity contribution in [2.45, 2.75) is 13.8 Å². The van der Waals surface area contributed by atoms with Gasteiger partial charge in [0.2, 0.25) is 0 Å². The van der Waals surface area contributed by atoms with E-state index < -0.39 is 0 Å². The summed E-state index contributed by atoms with van der Waals surface area (Å²) in [5, 5.41) is 0. The maximum Gasteiger partial charge on any atom is 0.169 e. The smallest absolute Gasteiger partial charge is 0.169 e. The number of hydrogen-bond donors (Lipinski definition) is 2. The highest BCUT2D eigenvalue weighted by Gasteiger charge is 2.08. The van der Waals surface area contributed by atoms with Crippen LogP contribution in [0, 0.1) is 13.8 Å². The van der Waals surface area contributed by atoms with Crippen LogP contribution in [0.5, 0.6) is 23.0 Å². The average molecular weight is 320 g/mol. The Hall–Kier alpha value is -3.14. The van der Waals surface area contributed by atoms with Gasteiger partial charge in [-0.15, -0.1) is 0 Å². The molecule has 0 bridgehead atoms. The van der Waals surface area contributed by atoms with E-state index in [-0.39, 0.29) is 0 Å². The fraction of sp³-hybridized carbons (Fsp3) is 0.100. The van der Waals surface area contributed by atoms with E-state index in [0.29, 0.717) is 23.0 Å². The Morgan fingerprint density at radius 2 is 1.04 bits per heavy atom. The Morgan fingerprint density at radius 3 is 1.42 bits per heavy atom. The van der Waals surface area contributed by atoms with Gasteiger partial charge in [-0.05, 0) is 73.5 Å². The van der Waals surface area contributed by atoms with Crippen LogP contribution in [0.3, 0.4) is 0 Å². The molecule has 3 rings (SSSR count). The molecule has 0 saturated heterocycles. The fourth-order valence-electron chi connectivity index (χ4n) is 2.30. The number of benzene rings is 3. The minimum atomic E-state index is 0.635. The molecule has 3 aromatic rings. The summed E-state index contributed by atoms with van der Waals surface area (Å²) >= 11 is 0. The first-order chi connectivity index (χ1) is 11.5. The first-order valence-corrected chi connectivity index (χ1v) is 7.70. The molecule has 3 aromatic carbocycles. The molecule has 0 heterocycles. The molecule has 24 heavy (non-hydrogen) atoms. The lowest BCUT2D eigenvalue weighted by atomic mass is 10.2. The second-order valence-electron chi connectivity index (χ2n) is 5.69. The molecule has 0 aliphatic rings. The third kappa shape index (κ3) is 3.43. The first-order valence-electron chi connectivity index (χ1n) is 7.70. The van der Waals surface area contributed by atoms with E-state index >= 15 is 0 Å². The number of rotatable bonds is 4. The van der Waals surface area contributed by atoms with Crippen molar-refractivity contribution >= 4 is 11.4 Å². The van der Waals surface area contributed by atoms with E-state index in [2.05, 4.69) is 0 Å². The summed E-state index contributed by atoms with van der Waals surface area (Å²) in [5.74, 6) is 2.70. The van der Waals surface area contributed by atoms with E-state index in [9.17, 15) is 0 Å². The topological polar surface area (TPSA) is 70.5 Å². The van der Waals surface area contributed by atoms with Crippen molar-refractivity contribution < 1.29 is 9.47 Å². The van der Waals surface area contributed by atoms with Crippen LogP contribution in [0.2, 0.25) is 0 Å². The molecule has 0 aliphatic carbocycles. The molecule has 122 valence electrons. The molecule has 0 fully saturated rings. The standard InChI is InChI=1S/C20H20N2O2/c1-13-11-15(7-9-17(13)21)23-19-5-3-4-6-20(19)24-16-8-10-18(22)14(2)12-16/h3-12H,21-22H2,1-2H3. The summed E-state index contributed by atoms with van der Waals surface area (Å²) in [7, 11) is 0. The molecule has 0 saturated carbocycles. The molecule has 0 spiro atoms. The van der Waals surface area contributed by atoms with Crippen LogP contribution in [-0.2, 0) is 0 Å². The van der Waals surface area contributed by atoms with Crippen molar-refractivity contribution in [3.05, 3.63) is 71.8 Å². The number of hydrogen-bond acceptors (Lipinski definition) is 4. The Bertz CT molecular complexity index is 803. The number of ether oxygens (including phenoxy) is 2. The van der Waals surface area contributed by atoms with Gasteiger partial charge in [-0.1, -0.05) is 12.1 Å². The van der Waals surface area contributed by atoms with Gasteiger partial charge in [0.15, 0.2) is 11.5 Å². The van der Waals surface area contributed by atoms with Crippen molar-refractivity contribution in [1.29, 1.82) is 0 Å². The van der Waals surface area contributed by atoms with Gasteiger partial charge in [0.1, 0.15) is 11.5 Å². The van der Waals surface area contributed by atoms with E-state index in [1.807, 2.05) is 74.5 Å². The molecule has 0 aliphatic heterocycles. The largest absolute Gasteiger partial charge is 0.453 e. The number of anilines is 2. The fourth-order valence-corrected chi connectivity index (χ4v) is 2.30. The van der Waals surface area contributed by atoms with Gasteiger partial charge in [0, 0.05) is 11.4 Å². The summed E-state index contributed by atoms with van der Waals surface area (Å²) in [4.78, 5) is 0. The molecule has 0 unspecified atom stereocenters. The Labute approximate surface area is 141 Å². The minimum Gasteiger partial charge on any atom is -0.453 e. The van der Waals surface area contributed by atoms with Gasteiger partial charge in [0.25, 0.3) is 0 Å². The second kappa shape index (κ2) is 6.54. The molecule has 4 nitrogen and oxygen atoms in total. The summed E-state index contributed by atoms with van der Waals surface area (Å²) < 4.78 is 11.9. The van der Waals surface area contributed by atoms with Crippen molar-refractivity contribution in [2.24, 2.45) is 0 Å². The van der Waals surface area contributed by atoms with E-state index in [1.54, 1.807) is 0 Å². The zero-order valence-electron chi connectivity index (χ0n) is 13.7. The molecule has 4 heteroatoms. The van der Waals surface area contributed by atoms with Crippen molar-refractivity contribution in [2.75, 3.05) is 11.5 Å². The molecule has 0 amide bonds. The van der Waals surface area contributed by atoms with E-state index in [4.69, 9.17) is 20.9 Å². The molecule has 0 aromatic heterocycles. The van der Waals surface area contributed by atoms with Crippen LogP contribution in [-0.4, -0.2) is 0 Å². The lowest BCUT2D eigenvalue weighted by molar-refractivity contribution is 0.418. The Kier molecular flexibility index (Phi) is 4.29. The highest BCUT2D eigenvalue weighted by atomic mass is 16.5. The number of aryl methyl sites for hydroxylation is 2. The normalized spacial score (nSPS) is 10.4. The lowest BCUT2D eigenvalue weighted by Gasteiger charge is -2.13. The van der Waals surface area contributed by atoms with Crippen LogP contribution >= 0.6 is 0 Å². The zero-order chi connectivity index (χ0) is 17.1. The third-order valence-corrected chi connectivity index (χ3v) is 3.79. The van der Waals surface area contributed by atoms with Crippen LogP contribution in [0.4, 0.5) is 11.4 Å². The minimum absolute atomic E-state index is 0.635. The van der Waals surface area contributed by atoms with E-state index in [1.165, 1.54) is 0 Å². The zero-order valence-corrected chi connectivity index (χ0v) is 13.7. The highest BCUT2D eigenvalue weighted by Crippen LogP contribution is 2.35. The summed E-state index contributed by atoms with van der Waals surface area (Å²) in [6.07, 6.45) is 0. The maximum atomic E-state index is 5.97. The Morgan fingerprint density at radius 1 is 0.625 bits per heavy atom. The van der Waals surface area contributed by atoms with Crippen molar-refractivity contribution in [3.63, 3.8) is 0 Å². The lowest BCUT2D eigenvalue weighted by Crippen LogP contribution is -1.94. The average Bonchev–Trinajstić information content (AvgIpc) is 2.56. The molecular formula is C20H20N2O2. The number of para-hydroxylation sites is 2. The van der Waals surface area contributed by atoms with Crippen LogP contribution in [0.1, 0.15) is 11.1 Å². The van der Waals surface area contributed by atoms with Gasteiger partial charge in [-0.2, -0.15) is 0 Å². The maximum absolute atomic E-state index is 5.97. The predicted molar refractivity (Wildman–Crippen MR) is 97.8 cm³/mol. The first kappa shape index (κ1) is 15.7. The molecule has 4 N–H and O–H groups in total. The van der Waals surface area contributed by atoms with Crippen LogP contribution < -0.4 is 20.9 Å². The third-order valence-electron chi connectivity index (χ3n) is 3.79. The monoisotopic (exact) mass is 320 g/mol. The van der Waals surface area contributed by atoms with Crippen LogP contribution in [0.15, 0.2) is 60.7 Å². The number of nitrogen functional groups attached to an aromatic ring is 2. The van der Waals surface area contributed by atoms with Crippen molar-refractivity contribution in [1.82, 2.24) is 0 Å². The number of nitrogens with two attached hydrogens (primary N) is 2. The molecular weight excluding hydrogens is 300 g/mol. The highest BCUT2D eigenvalue weighted by molar-refractivity contribution is 5.53. The Balaban J connectivity index is 1.87. The van der Waals surface area contributed by atoms with Gasteiger partial charge < -0.3 is 20.9 Å². The van der Waals surface area contributed by atoms with Gasteiger partial charge in [-0.3, -0.25) is 0 Å². The molecule has 0 radical (unpaired) electrons. The SMILES string of the molecule is Cc1cc(Oc2ccccc2Oc2ccc(N)c(C)c2)ccc1N. The van der Waals surface area contributed by atoms with E-state index in [0.717, 1.165) is 22.5 Å². The quantitative estimate of drug-likeness (QED) is 0.660. The van der Waals surface area contributed by atoms with Gasteiger partial charge >= 0.3 is 0 Å². The summed E-state index contributed by atoms with van der Waals surface area (Å²) in [6, 6.07) is 18.7. The van der Waals surface area contributed by atoms with Crippen LogP contribution in [0.25, 0.3) is 0 Å². The van der Waals surface area contributed by atoms with Gasteiger partial charge in [0.05, 0.1) is 0 Å². The van der Waals surface area contributed by atoms with Gasteiger partial charge in [-0.25, -0.2) is 0 Å². The molecule has 0 atom stereocenters. The summed E-state index contributed by atoms with van der Waals surface area (Å²) in [6.45, 7) is 3.89. The van der Waals surface area contributed by atoms with Crippen molar-refractivity contribution in [3.8, 4) is 23.0 Å². The predicted octanol–water partition coefficient (Wildman–Crippen LogP) is 5.05. The second-order valence-corrected chi connectivity index (χ2v) is 5.69. The summed E-state index contributed by atoms with van der Waals surface area (Å²) in [5.41, 5.74) is 15.1.